The van der Waals surface area contributed by atoms with Crippen LogP contribution in [0.4, 0.5) is 5.82 Å². The van der Waals surface area contributed by atoms with Crippen molar-refractivity contribution in [3.05, 3.63) is 12.7 Å². The van der Waals surface area contributed by atoms with Crippen molar-refractivity contribution in [2.75, 3.05) is 23.8 Å². The number of aliphatic hydroxyl groups excluding tert-OH is 2. The van der Waals surface area contributed by atoms with Crippen LogP contribution in [0.1, 0.15) is 6.42 Å². The lowest BCUT2D eigenvalue weighted by atomic mass is 10.4. The van der Waals surface area contributed by atoms with Gasteiger partial charge in [0.05, 0.1) is 19.0 Å². The van der Waals surface area contributed by atoms with Crippen molar-refractivity contribution in [3.63, 3.8) is 0 Å². The minimum Gasteiger partial charge on any atom is -0.394 e. The summed E-state index contributed by atoms with van der Waals surface area (Å²) in [7, 11) is 0. The Hall–Kier alpha value is -1.38. The van der Waals surface area contributed by atoms with Crippen molar-refractivity contribution in [2.45, 2.75) is 19.1 Å². The third-order valence-corrected chi connectivity index (χ3v) is 3.84. The van der Waals surface area contributed by atoms with Crippen LogP contribution in [-0.4, -0.2) is 53.9 Å². The summed E-state index contributed by atoms with van der Waals surface area (Å²) >= 11 is 1.62. The van der Waals surface area contributed by atoms with Crippen molar-refractivity contribution in [3.8, 4) is 0 Å². The predicted molar refractivity (Wildman–Crippen MR) is 74.8 cm³/mol. The van der Waals surface area contributed by atoms with Crippen molar-refractivity contribution >= 4 is 28.7 Å². The van der Waals surface area contributed by atoms with E-state index in [1.807, 2.05) is 4.57 Å². The zero-order valence-electron chi connectivity index (χ0n) is 10.4. The Bertz CT molecular complexity index is 533. The Balaban J connectivity index is 1.84. The highest BCUT2D eigenvalue weighted by Gasteiger charge is 2.07. The molecule has 0 saturated heterocycles. The molecule has 1 unspecified atom stereocenters. The second kappa shape index (κ2) is 6.69. The van der Waals surface area contributed by atoms with Gasteiger partial charge in [-0.25, -0.2) is 15.0 Å². The molecule has 0 bridgehead atoms. The van der Waals surface area contributed by atoms with E-state index in [0.717, 1.165) is 24.4 Å². The topological polar surface area (TPSA) is 110 Å². The predicted octanol–water partition coefficient (Wildman–Crippen LogP) is -0.115. The van der Waals surface area contributed by atoms with Crippen LogP contribution >= 0.6 is 11.8 Å². The number of aryl methyl sites for hydroxylation is 1. The van der Waals surface area contributed by atoms with E-state index in [9.17, 15) is 5.11 Å². The maximum Gasteiger partial charge on any atom is 0.165 e. The number of nitrogens with zero attached hydrogens (tertiary/aromatic N) is 4. The van der Waals surface area contributed by atoms with Crippen LogP contribution in [0.5, 0.6) is 0 Å². The second-order valence-corrected chi connectivity index (χ2v) is 5.28. The van der Waals surface area contributed by atoms with Gasteiger partial charge in [-0.1, -0.05) is 0 Å². The number of thioether (sulfide) groups is 1. The molecule has 0 aliphatic heterocycles. The van der Waals surface area contributed by atoms with Crippen LogP contribution < -0.4 is 5.73 Å². The summed E-state index contributed by atoms with van der Waals surface area (Å²) in [6.07, 6.45) is 3.44. The first-order valence-electron chi connectivity index (χ1n) is 6.00. The Morgan fingerprint density at radius 1 is 1.37 bits per heavy atom. The van der Waals surface area contributed by atoms with E-state index in [-0.39, 0.29) is 6.61 Å². The van der Waals surface area contributed by atoms with Crippen LogP contribution in [0.2, 0.25) is 0 Å². The van der Waals surface area contributed by atoms with Gasteiger partial charge in [-0.2, -0.15) is 11.8 Å². The molecule has 7 nitrogen and oxygen atoms in total. The normalized spacial score (nSPS) is 12.9. The van der Waals surface area contributed by atoms with Gasteiger partial charge in [-0.15, -0.1) is 0 Å². The molecule has 0 aliphatic rings. The van der Waals surface area contributed by atoms with Crippen molar-refractivity contribution in [1.82, 2.24) is 19.5 Å². The van der Waals surface area contributed by atoms with Crippen LogP contribution in [0.15, 0.2) is 12.7 Å². The summed E-state index contributed by atoms with van der Waals surface area (Å²) in [6.45, 7) is 0.602. The van der Waals surface area contributed by atoms with Gasteiger partial charge in [0.2, 0.25) is 0 Å². The first-order chi connectivity index (χ1) is 9.22. The number of hydrogen-bond donors (Lipinski definition) is 3. The van der Waals surface area contributed by atoms with Crippen molar-refractivity contribution in [2.24, 2.45) is 0 Å². The molecule has 8 heteroatoms. The largest absolute Gasteiger partial charge is 0.394 e. The molecule has 2 aromatic rings. The van der Waals surface area contributed by atoms with E-state index >= 15 is 0 Å². The summed E-state index contributed by atoms with van der Waals surface area (Å²) in [6, 6.07) is 0. The fraction of sp³-hybridized carbons (Fsp3) is 0.545. The summed E-state index contributed by atoms with van der Waals surface area (Å²) < 4.78 is 1.94. The number of fused-ring (bicyclic) bond motifs is 1. The first kappa shape index (κ1) is 14.0. The average molecular weight is 283 g/mol. The zero-order valence-corrected chi connectivity index (χ0v) is 11.3. The quantitative estimate of drug-likeness (QED) is 0.608. The first-order valence-corrected chi connectivity index (χ1v) is 7.16. The lowest BCUT2D eigenvalue weighted by Crippen LogP contribution is -2.15. The average Bonchev–Trinajstić information content (AvgIpc) is 2.83. The highest BCUT2D eigenvalue weighted by atomic mass is 32.2. The van der Waals surface area contributed by atoms with Gasteiger partial charge >= 0.3 is 0 Å². The van der Waals surface area contributed by atoms with Crippen LogP contribution in [0, 0.1) is 0 Å². The lowest BCUT2D eigenvalue weighted by molar-refractivity contribution is 0.113. The standard InChI is InChI=1S/C11H17N5O2S/c12-10-9-11(14-6-13-10)16(7-15-9)2-1-3-19-5-8(18)4-17/h6-8,17-18H,1-5H2,(H2,12,13,14). The van der Waals surface area contributed by atoms with Crippen LogP contribution in [0.3, 0.4) is 0 Å². The van der Waals surface area contributed by atoms with Crippen molar-refractivity contribution < 1.29 is 10.2 Å². The van der Waals surface area contributed by atoms with Gasteiger partial charge in [-0.3, -0.25) is 0 Å². The van der Waals surface area contributed by atoms with E-state index in [1.54, 1.807) is 18.1 Å². The van der Waals surface area contributed by atoms with Gasteiger partial charge in [0.25, 0.3) is 0 Å². The Kier molecular flexibility index (Phi) is 4.94. The molecule has 0 radical (unpaired) electrons. The number of hydrogen-bond acceptors (Lipinski definition) is 7. The molecule has 19 heavy (non-hydrogen) atoms. The Morgan fingerprint density at radius 2 is 2.21 bits per heavy atom. The lowest BCUT2D eigenvalue weighted by Gasteiger charge is -2.07. The molecule has 2 aromatic heterocycles. The van der Waals surface area contributed by atoms with E-state index in [1.165, 1.54) is 6.33 Å². The molecule has 0 spiro atoms. The fourth-order valence-corrected chi connectivity index (χ4v) is 2.55. The highest BCUT2D eigenvalue weighted by Crippen LogP contribution is 2.15. The van der Waals surface area contributed by atoms with E-state index in [0.29, 0.717) is 17.1 Å². The number of nitrogen functional groups attached to an aromatic ring is 1. The molecular formula is C11H17N5O2S. The minimum absolute atomic E-state index is 0.185. The molecule has 0 fully saturated rings. The third-order valence-electron chi connectivity index (χ3n) is 2.64. The van der Waals surface area contributed by atoms with Gasteiger partial charge in [-0.05, 0) is 12.2 Å². The van der Waals surface area contributed by atoms with E-state index in [4.69, 9.17) is 10.8 Å². The van der Waals surface area contributed by atoms with Gasteiger partial charge < -0.3 is 20.5 Å². The Morgan fingerprint density at radius 3 is 3.00 bits per heavy atom. The molecular weight excluding hydrogens is 266 g/mol. The number of aliphatic hydroxyl groups is 2. The molecule has 1 atom stereocenters. The summed E-state index contributed by atoms with van der Waals surface area (Å²) in [5.74, 6) is 1.84. The minimum atomic E-state index is -0.633. The molecule has 2 rings (SSSR count). The molecule has 0 saturated carbocycles. The summed E-state index contributed by atoms with van der Waals surface area (Å²) in [5, 5.41) is 17.9. The van der Waals surface area contributed by atoms with Crippen LogP contribution in [-0.2, 0) is 6.54 Å². The zero-order chi connectivity index (χ0) is 13.7. The number of rotatable bonds is 7. The maximum atomic E-state index is 9.20. The number of aromatic nitrogens is 4. The third kappa shape index (κ3) is 3.55. The molecule has 0 aliphatic carbocycles. The van der Waals surface area contributed by atoms with Crippen molar-refractivity contribution in [1.29, 1.82) is 0 Å². The maximum absolute atomic E-state index is 9.20. The van der Waals surface area contributed by atoms with Gasteiger partial charge in [0.1, 0.15) is 11.8 Å². The smallest absolute Gasteiger partial charge is 0.165 e. The van der Waals surface area contributed by atoms with E-state index < -0.39 is 6.10 Å². The highest BCUT2D eigenvalue weighted by molar-refractivity contribution is 7.99. The second-order valence-electron chi connectivity index (χ2n) is 4.13. The van der Waals surface area contributed by atoms with E-state index in [2.05, 4.69) is 15.0 Å². The fourth-order valence-electron chi connectivity index (χ4n) is 1.67. The number of nitrogens with two attached hydrogens (primary N) is 1. The molecule has 4 N–H and O–H groups in total. The molecule has 0 amide bonds. The van der Waals surface area contributed by atoms with Gasteiger partial charge in [0, 0.05) is 12.3 Å². The number of imidazole rings is 1. The molecule has 2 heterocycles. The summed E-state index contributed by atoms with van der Waals surface area (Å²) in [5.41, 5.74) is 7.09. The monoisotopic (exact) mass is 283 g/mol. The Labute approximate surface area is 114 Å². The SMILES string of the molecule is Nc1ncnc2c1ncn2CCCSCC(O)CO. The summed E-state index contributed by atoms with van der Waals surface area (Å²) in [4.78, 5) is 12.3. The van der Waals surface area contributed by atoms with Gasteiger partial charge in [0.15, 0.2) is 11.5 Å². The molecule has 0 aromatic carbocycles. The molecule has 104 valence electrons. The van der Waals surface area contributed by atoms with Crippen LogP contribution in [0.25, 0.3) is 11.2 Å². The number of anilines is 1.